The number of nitrogens with zero attached hydrogens (tertiary/aromatic N) is 1. The minimum atomic E-state index is -0.0575. The first-order valence-electron chi connectivity index (χ1n) is 6.94. The van der Waals surface area contributed by atoms with Crippen LogP contribution in [-0.4, -0.2) is 24.9 Å². The van der Waals surface area contributed by atoms with E-state index in [0.29, 0.717) is 10.6 Å². The summed E-state index contributed by atoms with van der Waals surface area (Å²) in [7, 11) is 3.45. The normalized spacial score (nSPS) is 10.4. The fourth-order valence-corrected chi connectivity index (χ4v) is 2.94. The van der Waals surface area contributed by atoms with Gasteiger partial charge in [-0.05, 0) is 23.6 Å². The number of carbonyl (C=O) groups is 1. The third-order valence-corrected chi connectivity index (χ3v) is 4.36. The third kappa shape index (κ3) is 3.76. The van der Waals surface area contributed by atoms with Crippen LogP contribution >= 0.6 is 11.3 Å². The number of nitrogens with two attached hydrogens (primary N) is 1. The van der Waals surface area contributed by atoms with Crippen LogP contribution < -0.4 is 11.1 Å². The molecular formula is C16H21N3OS. The van der Waals surface area contributed by atoms with Gasteiger partial charge >= 0.3 is 0 Å². The largest absolute Gasteiger partial charge is 0.397 e. The van der Waals surface area contributed by atoms with E-state index in [4.69, 9.17) is 5.73 Å². The average molecular weight is 303 g/mol. The predicted molar refractivity (Wildman–Crippen MR) is 89.9 cm³/mol. The van der Waals surface area contributed by atoms with Gasteiger partial charge in [0.25, 0.3) is 5.91 Å². The second-order valence-electron chi connectivity index (χ2n) is 5.12. The molecule has 0 spiro atoms. The van der Waals surface area contributed by atoms with Crippen LogP contribution in [0.5, 0.6) is 0 Å². The number of rotatable bonds is 5. The maximum Gasteiger partial charge on any atom is 0.265 e. The Morgan fingerprint density at radius 3 is 2.43 bits per heavy atom. The van der Waals surface area contributed by atoms with Crippen molar-refractivity contribution in [2.75, 3.05) is 25.1 Å². The van der Waals surface area contributed by atoms with Crippen LogP contribution in [0.3, 0.4) is 0 Å². The molecule has 0 aliphatic carbocycles. The molecule has 3 N–H and O–H groups in total. The number of carbonyl (C=O) groups excluding carboxylic acids is 1. The SMILES string of the molecule is CCc1ccc(CNc2cc(N)c(C(=O)N(C)C)s2)cc1. The molecule has 0 saturated carbocycles. The maximum atomic E-state index is 12.0. The van der Waals surface area contributed by atoms with E-state index in [1.54, 1.807) is 14.1 Å². The van der Waals surface area contributed by atoms with Crippen molar-refractivity contribution in [3.05, 3.63) is 46.3 Å². The number of benzene rings is 1. The molecule has 0 aliphatic rings. The van der Waals surface area contributed by atoms with Crippen molar-refractivity contribution in [3.63, 3.8) is 0 Å². The zero-order valence-corrected chi connectivity index (χ0v) is 13.5. The average Bonchev–Trinajstić information content (AvgIpc) is 2.85. The molecule has 0 radical (unpaired) electrons. The molecule has 5 heteroatoms. The molecule has 21 heavy (non-hydrogen) atoms. The summed E-state index contributed by atoms with van der Waals surface area (Å²) in [6, 6.07) is 10.3. The molecule has 4 nitrogen and oxygen atoms in total. The highest BCUT2D eigenvalue weighted by molar-refractivity contribution is 7.18. The number of amides is 1. The van der Waals surface area contributed by atoms with Crippen LogP contribution in [0, 0.1) is 0 Å². The van der Waals surface area contributed by atoms with Crippen LogP contribution in [0.15, 0.2) is 30.3 Å². The van der Waals surface area contributed by atoms with Gasteiger partial charge in [-0.3, -0.25) is 4.79 Å². The third-order valence-electron chi connectivity index (χ3n) is 3.26. The summed E-state index contributed by atoms with van der Waals surface area (Å²) < 4.78 is 0. The number of hydrogen-bond donors (Lipinski definition) is 2. The first-order valence-corrected chi connectivity index (χ1v) is 7.75. The molecule has 2 aromatic rings. The number of nitrogens with one attached hydrogen (secondary N) is 1. The van der Waals surface area contributed by atoms with Gasteiger partial charge in [0.2, 0.25) is 0 Å². The minimum Gasteiger partial charge on any atom is -0.397 e. The summed E-state index contributed by atoms with van der Waals surface area (Å²) >= 11 is 1.40. The highest BCUT2D eigenvalue weighted by atomic mass is 32.1. The molecule has 0 atom stereocenters. The van der Waals surface area contributed by atoms with Crippen molar-refractivity contribution in [1.29, 1.82) is 0 Å². The standard InChI is InChI=1S/C16H21N3OS/c1-4-11-5-7-12(8-6-11)10-18-14-9-13(17)15(21-14)16(20)19(2)3/h5-9,18H,4,10,17H2,1-3H3. The van der Waals surface area contributed by atoms with E-state index in [1.807, 2.05) is 6.07 Å². The van der Waals surface area contributed by atoms with Gasteiger partial charge in [-0.2, -0.15) is 0 Å². The molecule has 1 aromatic heterocycles. The number of anilines is 2. The lowest BCUT2D eigenvalue weighted by Gasteiger charge is -2.08. The Kier molecular flexibility index (Phi) is 4.85. The van der Waals surface area contributed by atoms with Crippen LogP contribution in [0.2, 0.25) is 0 Å². The highest BCUT2D eigenvalue weighted by Crippen LogP contribution is 2.30. The van der Waals surface area contributed by atoms with Crippen LogP contribution in [0.25, 0.3) is 0 Å². The molecule has 1 heterocycles. The molecule has 2 rings (SSSR count). The molecule has 112 valence electrons. The summed E-state index contributed by atoms with van der Waals surface area (Å²) in [4.78, 5) is 14.1. The Bertz CT molecular complexity index is 617. The van der Waals surface area contributed by atoms with Gasteiger partial charge in [0.1, 0.15) is 4.88 Å². The first kappa shape index (κ1) is 15.4. The Labute approximate surface area is 129 Å². The summed E-state index contributed by atoms with van der Waals surface area (Å²) in [5.41, 5.74) is 8.98. The van der Waals surface area contributed by atoms with Crippen molar-refractivity contribution >= 4 is 27.9 Å². The van der Waals surface area contributed by atoms with E-state index in [-0.39, 0.29) is 5.91 Å². The molecule has 0 aliphatic heterocycles. The molecule has 1 aromatic carbocycles. The number of thiophene rings is 1. The van der Waals surface area contributed by atoms with Gasteiger partial charge in [0.15, 0.2) is 0 Å². The van der Waals surface area contributed by atoms with Crippen LogP contribution in [-0.2, 0) is 13.0 Å². The fraction of sp³-hybridized carbons (Fsp3) is 0.312. The van der Waals surface area contributed by atoms with Gasteiger partial charge in [-0.15, -0.1) is 11.3 Å². The lowest BCUT2D eigenvalue weighted by atomic mass is 10.1. The second kappa shape index (κ2) is 6.63. The van der Waals surface area contributed by atoms with Crippen molar-refractivity contribution in [2.45, 2.75) is 19.9 Å². The summed E-state index contributed by atoms with van der Waals surface area (Å²) in [5.74, 6) is -0.0575. The topological polar surface area (TPSA) is 58.4 Å². The smallest absolute Gasteiger partial charge is 0.265 e. The maximum absolute atomic E-state index is 12.0. The van der Waals surface area contributed by atoms with Gasteiger partial charge in [0.05, 0.1) is 10.7 Å². The zero-order valence-electron chi connectivity index (χ0n) is 12.6. The van der Waals surface area contributed by atoms with Crippen molar-refractivity contribution in [3.8, 4) is 0 Å². The molecule has 0 saturated heterocycles. The minimum absolute atomic E-state index is 0.0575. The predicted octanol–water partition coefficient (Wildman–Crippen LogP) is 3.21. The molecule has 0 fully saturated rings. The molecular weight excluding hydrogens is 282 g/mol. The van der Waals surface area contributed by atoms with Crippen LogP contribution in [0.1, 0.15) is 27.7 Å². The molecule has 1 amide bonds. The number of nitrogen functional groups attached to an aromatic ring is 1. The highest BCUT2D eigenvalue weighted by Gasteiger charge is 2.15. The lowest BCUT2D eigenvalue weighted by Crippen LogP contribution is -2.21. The lowest BCUT2D eigenvalue weighted by molar-refractivity contribution is 0.0833. The summed E-state index contributed by atoms with van der Waals surface area (Å²) in [6.45, 7) is 2.87. The second-order valence-corrected chi connectivity index (χ2v) is 6.17. The molecule has 0 bridgehead atoms. The Hall–Kier alpha value is -2.01. The van der Waals surface area contributed by atoms with Crippen molar-refractivity contribution in [1.82, 2.24) is 4.90 Å². The van der Waals surface area contributed by atoms with Gasteiger partial charge in [-0.25, -0.2) is 0 Å². The Morgan fingerprint density at radius 1 is 1.24 bits per heavy atom. The monoisotopic (exact) mass is 303 g/mol. The zero-order chi connectivity index (χ0) is 15.4. The van der Waals surface area contributed by atoms with Crippen molar-refractivity contribution in [2.24, 2.45) is 0 Å². The van der Waals surface area contributed by atoms with E-state index in [0.717, 1.165) is 18.0 Å². The summed E-state index contributed by atoms with van der Waals surface area (Å²) in [5, 5.41) is 4.24. The van der Waals surface area contributed by atoms with E-state index >= 15 is 0 Å². The van der Waals surface area contributed by atoms with E-state index < -0.39 is 0 Å². The van der Waals surface area contributed by atoms with Gasteiger partial charge < -0.3 is 16.0 Å². The quantitative estimate of drug-likeness (QED) is 0.891. The Balaban J connectivity index is 2.03. The van der Waals surface area contributed by atoms with E-state index in [2.05, 4.69) is 36.5 Å². The van der Waals surface area contributed by atoms with Crippen molar-refractivity contribution < 1.29 is 4.79 Å². The summed E-state index contributed by atoms with van der Waals surface area (Å²) in [6.07, 6.45) is 1.05. The van der Waals surface area contributed by atoms with E-state index in [1.165, 1.54) is 27.4 Å². The number of aryl methyl sites for hydroxylation is 1. The van der Waals surface area contributed by atoms with Gasteiger partial charge in [0, 0.05) is 20.6 Å². The molecule has 0 unspecified atom stereocenters. The first-order chi connectivity index (χ1) is 10.0. The number of hydrogen-bond acceptors (Lipinski definition) is 4. The Morgan fingerprint density at radius 2 is 1.86 bits per heavy atom. The van der Waals surface area contributed by atoms with Gasteiger partial charge in [-0.1, -0.05) is 31.2 Å². The van der Waals surface area contributed by atoms with Crippen LogP contribution in [0.4, 0.5) is 10.7 Å². The fourth-order valence-electron chi connectivity index (χ4n) is 1.94. The van der Waals surface area contributed by atoms with E-state index in [9.17, 15) is 4.79 Å².